The number of aryl methyl sites for hydroxylation is 2. The molecule has 0 radical (unpaired) electrons. The molecule has 6 aromatic carbocycles. The average Bonchev–Trinajstić information content (AvgIpc) is 3.01. The van der Waals surface area contributed by atoms with Crippen molar-refractivity contribution in [2.24, 2.45) is 0 Å². The molecule has 0 aromatic heterocycles. The highest BCUT2D eigenvalue weighted by Crippen LogP contribution is 2.34. The van der Waals surface area contributed by atoms with Gasteiger partial charge >= 0.3 is 0 Å². The lowest BCUT2D eigenvalue weighted by Gasteiger charge is -2.16. The van der Waals surface area contributed by atoms with Gasteiger partial charge in [0.15, 0.2) is 0 Å². The van der Waals surface area contributed by atoms with Crippen LogP contribution < -0.4 is 9.44 Å². The molecule has 0 unspecified atom stereocenters. The van der Waals surface area contributed by atoms with Crippen molar-refractivity contribution >= 4 is 65.1 Å². The summed E-state index contributed by atoms with van der Waals surface area (Å²) >= 11 is 0. The van der Waals surface area contributed by atoms with Crippen LogP contribution in [0.2, 0.25) is 0 Å². The Hall–Kier alpha value is -4.92. The van der Waals surface area contributed by atoms with Crippen LogP contribution in [-0.2, 0) is 20.0 Å². The van der Waals surface area contributed by atoms with Crippen LogP contribution in [0.4, 0.5) is 11.4 Å². The summed E-state index contributed by atoms with van der Waals surface area (Å²) in [5, 5.41) is 3.24. The van der Waals surface area contributed by atoms with Gasteiger partial charge in [0.05, 0.1) is 21.2 Å². The number of hydrogen-bond acceptors (Lipinski definition) is 4. The molecule has 0 fully saturated rings. The lowest BCUT2D eigenvalue weighted by Crippen LogP contribution is -2.14. The van der Waals surface area contributed by atoms with E-state index in [1.165, 1.54) is 0 Å². The summed E-state index contributed by atoms with van der Waals surface area (Å²) in [7, 11) is -7.79. The Balaban J connectivity index is 1.46. The predicted octanol–water partition coefficient (Wildman–Crippen LogP) is 8.38. The van der Waals surface area contributed by atoms with Crippen molar-refractivity contribution < 1.29 is 16.8 Å². The highest BCUT2D eigenvalue weighted by atomic mass is 32.2. The lowest BCUT2D eigenvalue weighted by atomic mass is 10.0. The smallest absolute Gasteiger partial charge is 0.261 e. The summed E-state index contributed by atoms with van der Waals surface area (Å²) in [6.45, 7) is 3.80. The fourth-order valence-corrected chi connectivity index (χ4v) is 7.30. The number of fused-ring (bicyclic) bond motifs is 2. The fourth-order valence-electron chi connectivity index (χ4n) is 5.08. The van der Waals surface area contributed by atoms with Crippen LogP contribution >= 0.6 is 0 Å². The van der Waals surface area contributed by atoms with Gasteiger partial charge in [0.2, 0.25) is 0 Å². The topological polar surface area (TPSA) is 92.3 Å². The molecule has 2 N–H and O–H groups in total. The summed E-state index contributed by atoms with van der Waals surface area (Å²) in [5.41, 5.74) is 4.04. The van der Waals surface area contributed by atoms with Crippen molar-refractivity contribution in [3.05, 3.63) is 144 Å². The zero-order chi connectivity index (χ0) is 30.9. The molecule has 0 bridgehead atoms. The normalized spacial score (nSPS) is 12.1. The minimum atomic E-state index is -3.90. The molecule has 0 aliphatic heterocycles. The molecule has 0 saturated carbocycles. The maximum Gasteiger partial charge on any atom is 0.261 e. The van der Waals surface area contributed by atoms with Crippen LogP contribution in [0.15, 0.2) is 131 Å². The van der Waals surface area contributed by atoms with Gasteiger partial charge in [0.25, 0.3) is 20.0 Å². The first-order valence-corrected chi connectivity index (χ1v) is 17.0. The number of rotatable bonds is 8. The Morgan fingerprint density at radius 1 is 0.455 bits per heavy atom. The third-order valence-corrected chi connectivity index (χ3v) is 10.2. The van der Waals surface area contributed by atoms with E-state index in [9.17, 15) is 16.8 Å². The van der Waals surface area contributed by atoms with Crippen LogP contribution in [0, 0.1) is 13.8 Å². The highest BCUT2D eigenvalue weighted by molar-refractivity contribution is 7.93. The number of nitrogens with one attached hydrogen (secondary N) is 2. The molecular weight excluding hydrogens is 589 g/mol. The fraction of sp³-hybridized carbons (Fsp3) is 0.0556. The number of anilines is 2. The van der Waals surface area contributed by atoms with Crippen LogP contribution in [0.25, 0.3) is 33.7 Å². The minimum absolute atomic E-state index is 0.160. The Kier molecular flexibility index (Phi) is 7.71. The van der Waals surface area contributed by atoms with E-state index in [4.69, 9.17) is 0 Å². The third kappa shape index (κ3) is 5.95. The highest BCUT2D eigenvalue weighted by Gasteiger charge is 2.19. The van der Waals surface area contributed by atoms with E-state index in [0.29, 0.717) is 22.5 Å². The summed E-state index contributed by atoms with van der Waals surface area (Å²) < 4.78 is 59.6. The van der Waals surface area contributed by atoms with Crippen molar-refractivity contribution in [1.82, 2.24) is 0 Å². The number of hydrogen-bond donors (Lipinski definition) is 2. The van der Waals surface area contributed by atoms with Gasteiger partial charge in [0.1, 0.15) is 0 Å². The summed E-state index contributed by atoms with van der Waals surface area (Å²) in [6, 6.07) is 36.1. The van der Waals surface area contributed by atoms with Crippen LogP contribution in [0.3, 0.4) is 0 Å². The molecule has 0 heterocycles. The Bertz CT molecular complexity index is 2100. The number of benzene rings is 6. The molecule has 6 aromatic rings. The minimum Gasteiger partial charge on any atom is -0.278 e. The summed E-state index contributed by atoms with van der Waals surface area (Å²) in [6.07, 6.45) is 3.60. The average molecular weight is 619 g/mol. The van der Waals surface area contributed by atoms with Crippen molar-refractivity contribution in [2.45, 2.75) is 23.6 Å². The molecule has 44 heavy (non-hydrogen) atoms. The molecule has 0 spiro atoms. The first-order valence-electron chi connectivity index (χ1n) is 14.0. The first-order chi connectivity index (χ1) is 21.1. The van der Waals surface area contributed by atoms with Crippen molar-refractivity contribution in [3.8, 4) is 0 Å². The molecule has 8 heteroatoms. The Morgan fingerprint density at radius 2 is 0.818 bits per heavy atom. The molecule has 0 amide bonds. The van der Waals surface area contributed by atoms with Gasteiger partial charge in [-0.05, 0) is 60.0 Å². The van der Waals surface area contributed by atoms with E-state index in [-0.39, 0.29) is 9.79 Å². The molecule has 6 rings (SSSR count). The molecule has 0 atom stereocenters. The van der Waals surface area contributed by atoms with Gasteiger partial charge in [-0.15, -0.1) is 0 Å². The zero-order valence-electron chi connectivity index (χ0n) is 24.2. The molecule has 6 nitrogen and oxygen atoms in total. The molecule has 0 saturated heterocycles. The Labute approximate surface area is 257 Å². The van der Waals surface area contributed by atoms with E-state index in [2.05, 4.69) is 9.44 Å². The van der Waals surface area contributed by atoms with Gasteiger partial charge in [-0.3, -0.25) is 9.44 Å². The largest absolute Gasteiger partial charge is 0.278 e. The quantitative estimate of drug-likeness (QED) is 0.168. The monoisotopic (exact) mass is 618 g/mol. The van der Waals surface area contributed by atoms with Gasteiger partial charge in [-0.1, -0.05) is 120 Å². The second kappa shape index (κ2) is 11.6. The molecule has 0 aliphatic carbocycles. The van der Waals surface area contributed by atoms with E-state index in [1.807, 2.05) is 86.6 Å². The molecule has 220 valence electrons. The van der Waals surface area contributed by atoms with Crippen molar-refractivity contribution in [1.29, 1.82) is 0 Å². The summed E-state index contributed by atoms with van der Waals surface area (Å²) in [4.78, 5) is 0.321. The van der Waals surface area contributed by atoms with Crippen molar-refractivity contribution in [2.75, 3.05) is 9.44 Å². The third-order valence-electron chi connectivity index (χ3n) is 7.50. The van der Waals surface area contributed by atoms with E-state index >= 15 is 0 Å². The van der Waals surface area contributed by atoms with Gasteiger partial charge in [-0.2, -0.15) is 0 Å². The first kappa shape index (κ1) is 29.2. The second-order valence-corrected chi connectivity index (χ2v) is 14.0. The standard InChI is InChI=1S/C36H30N2O4S2/c1-25-11-21-31(22-12-25)43(39,40)37-35-29(17-15-27-7-3-5-9-33(27)35)19-20-30-18-16-28-8-4-6-10-34(28)36(30)38-44(41,42)32-23-13-26(2)14-24-32/h3-24,37-38H,1-2H3/b20-19+. The van der Waals surface area contributed by atoms with Crippen molar-refractivity contribution in [3.63, 3.8) is 0 Å². The van der Waals surface area contributed by atoms with E-state index in [1.54, 1.807) is 60.7 Å². The van der Waals surface area contributed by atoms with Crippen LogP contribution in [0.1, 0.15) is 22.3 Å². The molecular formula is C36H30N2O4S2. The van der Waals surface area contributed by atoms with Gasteiger partial charge < -0.3 is 0 Å². The number of sulfonamides is 2. The van der Waals surface area contributed by atoms with E-state index in [0.717, 1.165) is 32.7 Å². The maximum absolute atomic E-state index is 13.5. The van der Waals surface area contributed by atoms with E-state index < -0.39 is 20.0 Å². The second-order valence-electron chi connectivity index (χ2n) is 10.7. The predicted molar refractivity (Wildman–Crippen MR) is 181 cm³/mol. The maximum atomic E-state index is 13.5. The SMILES string of the molecule is Cc1ccc(S(=O)(=O)Nc2c(/C=C/c3ccc4ccccc4c3NS(=O)(=O)c3ccc(C)cc3)ccc3ccccc23)cc1. The van der Waals surface area contributed by atoms with Gasteiger partial charge in [-0.25, -0.2) is 16.8 Å². The molecule has 0 aliphatic rings. The lowest BCUT2D eigenvalue weighted by molar-refractivity contribution is 0.599. The summed E-state index contributed by atoms with van der Waals surface area (Å²) in [5.74, 6) is 0. The van der Waals surface area contributed by atoms with Crippen LogP contribution in [-0.4, -0.2) is 16.8 Å². The zero-order valence-corrected chi connectivity index (χ0v) is 25.8. The van der Waals surface area contributed by atoms with Crippen LogP contribution in [0.5, 0.6) is 0 Å². The van der Waals surface area contributed by atoms with Gasteiger partial charge in [0, 0.05) is 10.8 Å². The Morgan fingerprint density at radius 3 is 1.20 bits per heavy atom.